The van der Waals surface area contributed by atoms with Crippen LogP contribution in [0, 0.1) is 10.1 Å². The number of sulfonamides is 1. The second kappa shape index (κ2) is 9.10. The number of non-ortho nitro benzene ring substituents is 1. The second-order valence-electron chi connectivity index (χ2n) is 6.67. The van der Waals surface area contributed by atoms with Crippen molar-refractivity contribution in [2.45, 2.75) is 4.90 Å². The van der Waals surface area contributed by atoms with Crippen molar-refractivity contribution in [2.24, 2.45) is 0 Å². The van der Waals surface area contributed by atoms with Crippen LogP contribution in [-0.4, -0.2) is 68.2 Å². The molecule has 0 saturated carbocycles. The normalized spacial score (nSPS) is 14.7. The summed E-state index contributed by atoms with van der Waals surface area (Å²) in [6.07, 6.45) is 0.692. The Kier molecular flexibility index (Phi) is 6.51. The summed E-state index contributed by atoms with van der Waals surface area (Å²) in [5.41, 5.74) is 0.256. The number of hydrogen-bond acceptors (Lipinski definition) is 7. The van der Waals surface area contributed by atoms with Crippen LogP contribution in [0.1, 0.15) is 10.4 Å². The Morgan fingerprint density at radius 2 is 1.77 bits per heavy atom. The van der Waals surface area contributed by atoms with Crippen molar-refractivity contribution in [3.63, 3.8) is 0 Å². The zero-order valence-electron chi connectivity index (χ0n) is 16.6. The summed E-state index contributed by atoms with van der Waals surface area (Å²) in [5.74, 6) is -0.410. The number of piperazine rings is 1. The van der Waals surface area contributed by atoms with Crippen LogP contribution in [0.25, 0.3) is 0 Å². The van der Waals surface area contributed by atoms with Gasteiger partial charge in [-0.15, -0.1) is 0 Å². The van der Waals surface area contributed by atoms with E-state index in [1.807, 2.05) is 0 Å². The van der Waals surface area contributed by atoms with Gasteiger partial charge in [-0.3, -0.25) is 19.7 Å². The van der Waals surface area contributed by atoms with Gasteiger partial charge in [0.05, 0.1) is 28.7 Å². The number of carbonyl (C=O) groups is 2. The van der Waals surface area contributed by atoms with E-state index in [-0.39, 0.29) is 40.7 Å². The van der Waals surface area contributed by atoms with Crippen LogP contribution in [0.3, 0.4) is 0 Å². The van der Waals surface area contributed by atoms with Gasteiger partial charge in [-0.25, -0.2) is 8.42 Å². The summed E-state index contributed by atoms with van der Waals surface area (Å²) < 4.78 is 31.9. The molecule has 3 rings (SSSR count). The fourth-order valence-corrected chi connectivity index (χ4v) is 4.49. The van der Waals surface area contributed by atoms with Gasteiger partial charge < -0.3 is 15.0 Å². The van der Waals surface area contributed by atoms with Gasteiger partial charge in [-0.1, -0.05) is 0 Å². The topological polar surface area (TPSA) is 139 Å². The lowest BCUT2D eigenvalue weighted by atomic mass is 10.2. The molecule has 2 amide bonds. The van der Waals surface area contributed by atoms with Gasteiger partial charge >= 0.3 is 0 Å². The van der Waals surface area contributed by atoms with Gasteiger partial charge in [0.2, 0.25) is 16.4 Å². The Labute approximate surface area is 178 Å². The standard InChI is InChI=1S/C19H20N4O7S/c1-30-18-12-15(23(26)27)4-7-17(18)20-19(25)14-2-5-16(6-3-14)31(28,29)22-10-8-21(13-24)9-11-22/h2-7,12-13H,8-11H2,1H3,(H,20,25). The fraction of sp³-hybridized carbons (Fsp3) is 0.263. The molecule has 1 heterocycles. The highest BCUT2D eigenvalue weighted by Crippen LogP contribution is 2.29. The molecule has 1 saturated heterocycles. The van der Waals surface area contributed by atoms with E-state index < -0.39 is 20.9 Å². The minimum Gasteiger partial charge on any atom is -0.494 e. The first kappa shape index (κ1) is 22.2. The van der Waals surface area contributed by atoms with Gasteiger partial charge in [0.1, 0.15) is 5.75 Å². The number of rotatable bonds is 7. The third-order valence-electron chi connectivity index (χ3n) is 4.82. The fourth-order valence-electron chi connectivity index (χ4n) is 3.07. The maximum atomic E-state index is 12.8. The highest BCUT2D eigenvalue weighted by molar-refractivity contribution is 7.89. The molecule has 0 unspecified atom stereocenters. The summed E-state index contributed by atoms with van der Waals surface area (Å²) in [5, 5.41) is 13.5. The number of hydrogen-bond donors (Lipinski definition) is 1. The van der Waals surface area contributed by atoms with Gasteiger partial charge in [0.15, 0.2) is 0 Å². The van der Waals surface area contributed by atoms with Crippen molar-refractivity contribution in [3.05, 3.63) is 58.1 Å². The molecule has 0 radical (unpaired) electrons. The minimum absolute atomic E-state index is 0.0384. The lowest BCUT2D eigenvalue weighted by molar-refractivity contribution is -0.384. The van der Waals surface area contributed by atoms with Crippen LogP contribution in [0.5, 0.6) is 5.75 Å². The molecule has 0 spiro atoms. The van der Waals surface area contributed by atoms with Gasteiger partial charge in [-0.2, -0.15) is 4.31 Å². The van der Waals surface area contributed by atoms with Crippen LogP contribution in [0.4, 0.5) is 11.4 Å². The van der Waals surface area contributed by atoms with Crippen molar-refractivity contribution < 1.29 is 27.7 Å². The van der Waals surface area contributed by atoms with Crippen LogP contribution >= 0.6 is 0 Å². The van der Waals surface area contributed by atoms with Crippen molar-refractivity contribution >= 4 is 33.7 Å². The number of anilines is 1. The summed E-state index contributed by atoms with van der Waals surface area (Å²) in [4.78, 5) is 35.2. The highest BCUT2D eigenvalue weighted by Gasteiger charge is 2.28. The van der Waals surface area contributed by atoms with Crippen LogP contribution < -0.4 is 10.1 Å². The Hall–Kier alpha value is -3.51. The number of nitrogens with zero attached hydrogens (tertiary/aromatic N) is 3. The smallest absolute Gasteiger partial charge is 0.273 e. The third-order valence-corrected chi connectivity index (χ3v) is 6.73. The molecule has 11 nitrogen and oxygen atoms in total. The molecular formula is C19H20N4O7S. The number of ether oxygens (including phenoxy) is 1. The molecule has 1 N–H and O–H groups in total. The van der Waals surface area contributed by atoms with E-state index in [9.17, 15) is 28.1 Å². The van der Waals surface area contributed by atoms with Gasteiger partial charge in [0.25, 0.3) is 11.6 Å². The SMILES string of the molecule is COc1cc([N+](=O)[O-])ccc1NC(=O)c1ccc(S(=O)(=O)N2CCN(C=O)CC2)cc1. The molecule has 31 heavy (non-hydrogen) atoms. The maximum absolute atomic E-state index is 12.8. The van der Waals surface area contributed by atoms with Crippen molar-refractivity contribution in [3.8, 4) is 5.75 Å². The number of amides is 2. The number of nitro benzene ring substituents is 1. The van der Waals surface area contributed by atoms with E-state index in [4.69, 9.17) is 4.74 Å². The zero-order valence-corrected chi connectivity index (χ0v) is 17.4. The number of carbonyl (C=O) groups excluding carboxylic acids is 2. The van der Waals surface area contributed by atoms with E-state index >= 15 is 0 Å². The summed E-state index contributed by atoms with van der Waals surface area (Å²) in [7, 11) is -2.42. The molecule has 0 bridgehead atoms. The van der Waals surface area contributed by atoms with Crippen LogP contribution in [-0.2, 0) is 14.8 Å². The Balaban J connectivity index is 1.73. The first-order valence-electron chi connectivity index (χ1n) is 9.19. The monoisotopic (exact) mass is 448 g/mol. The first-order chi connectivity index (χ1) is 14.8. The first-order valence-corrected chi connectivity index (χ1v) is 10.6. The molecule has 0 aliphatic carbocycles. The van der Waals surface area contributed by atoms with Crippen molar-refractivity contribution in [1.29, 1.82) is 0 Å². The highest BCUT2D eigenvalue weighted by atomic mass is 32.2. The van der Waals surface area contributed by atoms with E-state index in [0.29, 0.717) is 19.5 Å². The largest absolute Gasteiger partial charge is 0.494 e. The molecule has 1 aliphatic heterocycles. The van der Waals surface area contributed by atoms with Crippen molar-refractivity contribution in [2.75, 3.05) is 38.6 Å². The maximum Gasteiger partial charge on any atom is 0.273 e. The lowest BCUT2D eigenvalue weighted by Crippen LogP contribution is -2.47. The molecule has 2 aromatic rings. The average molecular weight is 448 g/mol. The molecular weight excluding hydrogens is 428 g/mol. The van der Waals surface area contributed by atoms with Crippen LogP contribution in [0.2, 0.25) is 0 Å². The summed E-state index contributed by atoms with van der Waals surface area (Å²) in [6, 6.07) is 9.21. The molecule has 0 aromatic heterocycles. The molecule has 12 heteroatoms. The van der Waals surface area contributed by atoms with Crippen LogP contribution in [0.15, 0.2) is 47.4 Å². The van der Waals surface area contributed by atoms with E-state index in [2.05, 4.69) is 5.32 Å². The number of benzene rings is 2. The predicted octanol–water partition coefficient (Wildman–Crippen LogP) is 1.32. The third kappa shape index (κ3) is 4.81. The lowest BCUT2D eigenvalue weighted by Gasteiger charge is -2.31. The van der Waals surface area contributed by atoms with Gasteiger partial charge in [0, 0.05) is 37.8 Å². The molecule has 164 valence electrons. The zero-order chi connectivity index (χ0) is 22.6. The van der Waals surface area contributed by atoms with E-state index in [1.54, 1.807) is 0 Å². The molecule has 2 aromatic carbocycles. The average Bonchev–Trinajstić information content (AvgIpc) is 2.79. The van der Waals surface area contributed by atoms with E-state index in [0.717, 1.165) is 0 Å². The number of nitro groups is 1. The molecule has 1 fully saturated rings. The molecule has 1 aliphatic rings. The number of methoxy groups -OCH3 is 1. The quantitative estimate of drug-likeness (QED) is 0.383. The summed E-state index contributed by atoms with van der Waals surface area (Å²) >= 11 is 0. The Morgan fingerprint density at radius 1 is 1.13 bits per heavy atom. The minimum atomic E-state index is -3.74. The van der Waals surface area contributed by atoms with Gasteiger partial charge in [-0.05, 0) is 30.3 Å². The summed E-state index contributed by atoms with van der Waals surface area (Å²) in [6.45, 7) is 1.03. The Morgan fingerprint density at radius 3 is 2.32 bits per heavy atom. The number of nitrogens with one attached hydrogen (secondary N) is 1. The van der Waals surface area contributed by atoms with E-state index in [1.165, 1.54) is 58.8 Å². The molecule has 0 atom stereocenters. The Bertz CT molecular complexity index is 1090. The predicted molar refractivity (Wildman–Crippen MR) is 110 cm³/mol. The van der Waals surface area contributed by atoms with Crippen molar-refractivity contribution in [1.82, 2.24) is 9.21 Å². The second-order valence-corrected chi connectivity index (χ2v) is 8.60.